The molecule has 0 heterocycles. The van der Waals surface area contributed by atoms with Gasteiger partial charge in [0.15, 0.2) is 0 Å². The van der Waals surface area contributed by atoms with E-state index < -0.39 is 0 Å². The van der Waals surface area contributed by atoms with Gasteiger partial charge in [-0.05, 0) is 24.0 Å². The summed E-state index contributed by atoms with van der Waals surface area (Å²) >= 11 is 11.9. The van der Waals surface area contributed by atoms with Gasteiger partial charge in [0, 0.05) is 12.1 Å². The smallest absolute Gasteiger partial charge is 0.251 e. The van der Waals surface area contributed by atoms with Gasteiger partial charge in [-0.1, -0.05) is 63.2 Å². The van der Waals surface area contributed by atoms with Gasteiger partial charge in [-0.15, -0.1) is 0 Å². The molecule has 0 radical (unpaired) electrons. The minimum Gasteiger partial charge on any atom is -0.396 e. The highest BCUT2D eigenvalue weighted by atomic mass is 35.5. The Balaban J connectivity index is 2.61. The summed E-state index contributed by atoms with van der Waals surface area (Å²) in [5.41, 5.74) is 6.48. The topological polar surface area (TPSA) is 55.1 Å². The Morgan fingerprint density at radius 1 is 1.24 bits per heavy atom. The zero-order chi connectivity index (χ0) is 16.0. The van der Waals surface area contributed by atoms with Crippen LogP contribution >= 0.6 is 23.2 Å². The molecule has 118 valence electrons. The molecule has 3 N–H and O–H groups in total. The molecule has 0 saturated heterocycles. The highest BCUT2D eigenvalue weighted by molar-refractivity contribution is 6.39. The first-order valence-corrected chi connectivity index (χ1v) is 8.05. The Hall–Kier alpha value is -0.930. The van der Waals surface area contributed by atoms with E-state index in [9.17, 15) is 4.79 Å². The van der Waals surface area contributed by atoms with Gasteiger partial charge in [-0.2, -0.15) is 0 Å². The van der Waals surface area contributed by atoms with Gasteiger partial charge in [-0.25, -0.2) is 0 Å². The number of nitrogens with one attached hydrogen (secondary N) is 1. The van der Waals surface area contributed by atoms with Gasteiger partial charge in [0.05, 0.1) is 15.7 Å². The number of nitrogen functional groups attached to an aromatic ring is 1. The van der Waals surface area contributed by atoms with Crippen LogP contribution < -0.4 is 11.1 Å². The lowest BCUT2D eigenvalue weighted by atomic mass is 9.87. The molecule has 1 aromatic rings. The summed E-state index contributed by atoms with van der Waals surface area (Å²) in [4.78, 5) is 12.2. The largest absolute Gasteiger partial charge is 0.396 e. The van der Waals surface area contributed by atoms with Crippen molar-refractivity contribution >= 4 is 34.8 Å². The van der Waals surface area contributed by atoms with Gasteiger partial charge < -0.3 is 11.1 Å². The van der Waals surface area contributed by atoms with Crippen LogP contribution in [0.4, 0.5) is 5.69 Å². The molecule has 0 aliphatic heterocycles. The minimum atomic E-state index is -0.178. The predicted octanol–water partition coefficient (Wildman–Crippen LogP) is 4.91. The summed E-state index contributed by atoms with van der Waals surface area (Å²) < 4.78 is 0. The van der Waals surface area contributed by atoms with Crippen LogP contribution in [0.25, 0.3) is 0 Å². The number of rotatable bonds is 7. The lowest BCUT2D eigenvalue weighted by Crippen LogP contribution is -2.34. The van der Waals surface area contributed by atoms with Crippen LogP contribution in [0.1, 0.15) is 56.8 Å². The molecule has 5 heteroatoms. The second-order valence-corrected chi connectivity index (χ2v) is 6.97. The van der Waals surface area contributed by atoms with Crippen LogP contribution in [-0.4, -0.2) is 12.5 Å². The van der Waals surface area contributed by atoms with E-state index in [4.69, 9.17) is 28.9 Å². The Bertz CT molecular complexity index is 478. The highest BCUT2D eigenvalue weighted by Gasteiger charge is 2.19. The lowest BCUT2D eigenvalue weighted by Gasteiger charge is -2.25. The fourth-order valence-electron chi connectivity index (χ4n) is 2.08. The average molecular weight is 331 g/mol. The number of amides is 1. The molecule has 0 fully saturated rings. The fraction of sp³-hybridized carbons (Fsp3) is 0.562. The molecule has 0 aliphatic carbocycles. The third-order valence-electron chi connectivity index (χ3n) is 3.53. The normalized spacial score (nSPS) is 11.5. The van der Waals surface area contributed by atoms with Crippen LogP contribution in [0, 0.1) is 5.41 Å². The SMILES string of the molecule is CCCCCC(C)(C)CNC(=O)c1cc(Cl)c(N)c(Cl)c1. The number of unbranched alkanes of at least 4 members (excludes halogenated alkanes) is 2. The lowest BCUT2D eigenvalue weighted by molar-refractivity contribution is 0.0934. The number of halogens is 2. The summed E-state index contributed by atoms with van der Waals surface area (Å²) in [6.07, 6.45) is 4.69. The zero-order valence-electron chi connectivity index (χ0n) is 12.9. The molecule has 0 aromatic heterocycles. The van der Waals surface area contributed by atoms with Gasteiger partial charge in [0.1, 0.15) is 0 Å². The van der Waals surface area contributed by atoms with Gasteiger partial charge >= 0.3 is 0 Å². The van der Waals surface area contributed by atoms with E-state index in [0.717, 1.165) is 6.42 Å². The molecule has 0 bridgehead atoms. The molecular weight excluding hydrogens is 307 g/mol. The van der Waals surface area contributed by atoms with E-state index in [1.165, 1.54) is 19.3 Å². The van der Waals surface area contributed by atoms with Crippen molar-refractivity contribution in [2.24, 2.45) is 5.41 Å². The van der Waals surface area contributed by atoms with Crippen molar-refractivity contribution in [1.82, 2.24) is 5.32 Å². The summed E-state index contributed by atoms with van der Waals surface area (Å²) in [6, 6.07) is 3.09. The highest BCUT2D eigenvalue weighted by Crippen LogP contribution is 2.29. The van der Waals surface area contributed by atoms with Gasteiger partial charge in [0.2, 0.25) is 0 Å². The van der Waals surface area contributed by atoms with Crippen molar-refractivity contribution < 1.29 is 4.79 Å². The van der Waals surface area contributed by atoms with E-state index in [-0.39, 0.29) is 11.3 Å². The molecule has 21 heavy (non-hydrogen) atoms. The number of carbonyl (C=O) groups excluding carboxylic acids is 1. The molecule has 0 atom stereocenters. The number of hydrogen-bond donors (Lipinski definition) is 2. The maximum Gasteiger partial charge on any atom is 0.251 e. The Morgan fingerprint density at radius 2 is 1.81 bits per heavy atom. The molecule has 0 spiro atoms. The molecule has 1 rings (SSSR count). The Labute approximate surface area is 137 Å². The van der Waals surface area contributed by atoms with Crippen molar-refractivity contribution in [1.29, 1.82) is 0 Å². The standard InChI is InChI=1S/C16H24Cl2N2O/c1-4-5-6-7-16(2,3)10-20-15(21)11-8-12(17)14(19)13(18)9-11/h8-9H,4-7,10,19H2,1-3H3,(H,20,21). The summed E-state index contributed by atoms with van der Waals surface area (Å²) in [5, 5.41) is 3.54. The average Bonchev–Trinajstić information content (AvgIpc) is 2.42. The first kappa shape index (κ1) is 18.1. The monoisotopic (exact) mass is 330 g/mol. The minimum absolute atomic E-state index is 0.0756. The van der Waals surface area contributed by atoms with Crippen molar-refractivity contribution in [2.45, 2.75) is 46.5 Å². The van der Waals surface area contributed by atoms with E-state index in [1.807, 2.05) is 0 Å². The maximum absolute atomic E-state index is 12.2. The van der Waals surface area contributed by atoms with Crippen LogP contribution in [0.15, 0.2) is 12.1 Å². The molecule has 0 unspecified atom stereocenters. The number of carbonyl (C=O) groups is 1. The fourth-order valence-corrected chi connectivity index (χ4v) is 2.57. The molecule has 0 saturated carbocycles. The third kappa shape index (κ3) is 5.76. The first-order chi connectivity index (χ1) is 9.76. The summed E-state index contributed by atoms with van der Waals surface area (Å²) in [7, 11) is 0. The van der Waals surface area contributed by atoms with Crippen LogP contribution in [-0.2, 0) is 0 Å². The van der Waals surface area contributed by atoms with Crippen LogP contribution in [0.5, 0.6) is 0 Å². The molecule has 3 nitrogen and oxygen atoms in total. The zero-order valence-corrected chi connectivity index (χ0v) is 14.4. The van der Waals surface area contributed by atoms with Crippen LogP contribution in [0.3, 0.4) is 0 Å². The summed E-state index contributed by atoms with van der Waals surface area (Å²) in [6.45, 7) is 7.12. The van der Waals surface area contributed by atoms with Crippen molar-refractivity contribution in [3.05, 3.63) is 27.7 Å². The molecule has 1 aromatic carbocycles. The van der Waals surface area contributed by atoms with E-state index in [1.54, 1.807) is 12.1 Å². The number of benzene rings is 1. The predicted molar refractivity (Wildman–Crippen MR) is 91.1 cm³/mol. The molecule has 0 aliphatic rings. The number of anilines is 1. The van der Waals surface area contributed by atoms with Gasteiger partial charge in [0.25, 0.3) is 5.91 Å². The number of hydrogen-bond acceptors (Lipinski definition) is 2. The van der Waals surface area contributed by atoms with E-state index in [2.05, 4.69) is 26.1 Å². The third-order valence-corrected chi connectivity index (χ3v) is 4.15. The van der Waals surface area contributed by atoms with Gasteiger partial charge in [-0.3, -0.25) is 4.79 Å². The summed E-state index contributed by atoms with van der Waals surface area (Å²) in [5.74, 6) is -0.178. The Morgan fingerprint density at radius 3 is 2.33 bits per heavy atom. The maximum atomic E-state index is 12.2. The second-order valence-electron chi connectivity index (χ2n) is 6.16. The van der Waals surface area contributed by atoms with E-state index in [0.29, 0.717) is 27.8 Å². The number of nitrogens with two attached hydrogens (primary N) is 1. The first-order valence-electron chi connectivity index (χ1n) is 7.29. The second kappa shape index (κ2) is 7.90. The Kier molecular flexibility index (Phi) is 6.82. The van der Waals surface area contributed by atoms with Crippen LogP contribution in [0.2, 0.25) is 10.0 Å². The quantitative estimate of drug-likeness (QED) is 0.551. The van der Waals surface area contributed by atoms with Crippen molar-refractivity contribution in [3.63, 3.8) is 0 Å². The van der Waals surface area contributed by atoms with Crippen molar-refractivity contribution in [2.75, 3.05) is 12.3 Å². The molecule has 1 amide bonds. The van der Waals surface area contributed by atoms with E-state index >= 15 is 0 Å². The van der Waals surface area contributed by atoms with Crippen molar-refractivity contribution in [3.8, 4) is 0 Å². The molecular formula is C16H24Cl2N2O.